The van der Waals surface area contributed by atoms with Crippen molar-refractivity contribution in [1.82, 2.24) is 9.97 Å². The Morgan fingerprint density at radius 3 is 2.26 bits per heavy atom. The summed E-state index contributed by atoms with van der Waals surface area (Å²) in [5.41, 5.74) is 5.07. The second-order valence-corrected chi connectivity index (χ2v) is 15.3. The smallest absolute Gasteiger partial charge is 0.127 e. The number of hydrogen-bond donors (Lipinski definition) is 0. The van der Waals surface area contributed by atoms with Gasteiger partial charge in [-0.3, -0.25) is 0 Å². The second-order valence-electron chi connectivity index (χ2n) is 9.57. The molecule has 0 N–H and O–H groups in total. The highest BCUT2D eigenvalue weighted by atomic mass is 32.1. The molecule has 0 amide bonds. The molecular weight excluding hydrogens is 412 g/mol. The third-order valence-electron chi connectivity index (χ3n) is 6.99. The monoisotopic (exact) mass is 436 g/mol. The Morgan fingerprint density at radius 2 is 1.52 bits per heavy atom. The average Bonchev–Trinajstić information content (AvgIpc) is 3.20. The maximum absolute atomic E-state index is 4.83. The molecule has 0 atom stereocenters. The topological polar surface area (TPSA) is 25.8 Å². The van der Waals surface area contributed by atoms with Gasteiger partial charge in [0.1, 0.15) is 19.2 Å². The summed E-state index contributed by atoms with van der Waals surface area (Å²) in [5, 5.41) is 5.29. The minimum absolute atomic E-state index is 0.107. The van der Waals surface area contributed by atoms with Crippen LogP contribution in [0.15, 0.2) is 73.1 Å². The van der Waals surface area contributed by atoms with E-state index in [9.17, 15) is 0 Å². The molecule has 31 heavy (non-hydrogen) atoms. The van der Waals surface area contributed by atoms with E-state index in [1.807, 2.05) is 11.3 Å². The molecule has 0 bridgehead atoms. The van der Waals surface area contributed by atoms with Crippen LogP contribution in [0.25, 0.3) is 32.2 Å². The number of rotatable bonds is 2. The minimum atomic E-state index is -1.91. The molecular formula is C27H24N2SSi. The summed E-state index contributed by atoms with van der Waals surface area (Å²) in [7, 11) is -1.91. The lowest BCUT2D eigenvalue weighted by atomic mass is 9.71. The number of hydrogen-bond acceptors (Lipinski definition) is 3. The molecule has 1 aliphatic carbocycles. The lowest BCUT2D eigenvalue weighted by molar-refractivity contribution is 0.650. The molecule has 2 nitrogen and oxygen atoms in total. The molecule has 0 unspecified atom stereocenters. The van der Waals surface area contributed by atoms with Crippen molar-refractivity contribution in [3.63, 3.8) is 0 Å². The molecule has 0 fully saturated rings. The average molecular weight is 437 g/mol. The van der Waals surface area contributed by atoms with Crippen molar-refractivity contribution in [3.8, 4) is 11.3 Å². The normalized spacial score (nSPS) is 14.7. The Labute approximate surface area is 187 Å². The lowest BCUT2D eigenvalue weighted by Gasteiger charge is -2.36. The predicted octanol–water partition coefficient (Wildman–Crippen LogP) is 5.97. The highest BCUT2D eigenvalue weighted by Crippen LogP contribution is 2.50. The van der Waals surface area contributed by atoms with Crippen molar-refractivity contribution in [2.45, 2.75) is 32.4 Å². The van der Waals surface area contributed by atoms with Gasteiger partial charge in [0.05, 0.1) is 5.69 Å². The quantitative estimate of drug-likeness (QED) is 0.318. The van der Waals surface area contributed by atoms with E-state index in [1.165, 1.54) is 42.5 Å². The number of fused-ring (bicyclic) bond motifs is 3. The zero-order chi connectivity index (χ0) is 21.4. The standard InChI is InChI=1S/C27H24N2SSi/c1-27(2)21-15-18-11-9-8-10-17(18)14-20(21)24-22-23(27)26(30-25(22)29-16-28-24)31(3,4)19-12-6-5-7-13-19/h5-16H,1-4H3. The van der Waals surface area contributed by atoms with Gasteiger partial charge in [-0.15, -0.1) is 11.3 Å². The van der Waals surface area contributed by atoms with E-state index in [0.717, 1.165) is 10.5 Å². The number of benzene rings is 3. The van der Waals surface area contributed by atoms with Crippen LogP contribution < -0.4 is 9.69 Å². The molecule has 1 aliphatic rings. The first kappa shape index (κ1) is 18.9. The zero-order valence-corrected chi connectivity index (χ0v) is 20.0. The van der Waals surface area contributed by atoms with Crippen molar-refractivity contribution < 1.29 is 0 Å². The minimum Gasteiger partial charge on any atom is -0.236 e. The summed E-state index contributed by atoms with van der Waals surface area (Å²) in [6.45, 7) is 9.72. The van der Waals surface area contributed by atoms with Gasteiger partial charge in [0.15, 0.2) is 0 Å². The summed E-state index contributed by atoms with van der Waals surface area (Å²) in [6.07, 6.45) is 1.75. The summed E-state index contributed by atoms with van der Waals surface area (Å²) >= 11 is 1.89. The van der Waals surface area contributed by atoms with Crippen LogP contribution in [0, 0.1) is 0 Å². The molecule has 0 radical (unpaired) electrons. The van der Waals surface area contributed by atoms with E-state index in [-0.39, 0.29) is 5.41 Å². The second kappa shape index (κ2) is 6.34. The number of nitrogens with zero attached hydrogens (tertiary/aromatic N) is 2. The van der Waals surface area contributed by atoms with Crippen LogP contribution in [-0.2, 0) is 5.41 Å². The molecule has 3 aromatic carbocycles. The predicted molar refractivity (Wildman–Crippen MR) is 136 cm³/mol. The van der Waals surface area contributed by atoms with E-state index < -0.39 is 8.07 Å². The first-order valence-corrected chi connectivity index (χ1v) is 14.6. The van der Waals surface area contributed by atoms with Gasteiger partial charge >= 0.3 is 0 Å². The van der Waals surface area contributed by atoms with Crippen LogP contribution in [-0.4, -0.2) is 18.0 Å². The summed E-state index contributed by atoms with van der Waals surface area (Å²) < 4.78 is 1.53. The SMILES string of the molecule is CC1(C)c2cc3ccccc3cc2-c2ncnc3sc([Si](C)(C)c4ccccc4)c1c23. The molecule has 6 rings (SSSR count). The van der Waals surface area contributed by atoms with Gasteiger partial charge in [0.2, 0.25) is 0 Å². The van der Waals surface area contributed by atoms with E-state index in [4.69, 9.17) is 9.97 Å². The van der Waals surface area contributed by atoms with Crippen LogP contribution in [0.4, 0.5) is 0 Å². The Bertz CT molecular complexity index is 1480. The van der Waals surface area contributed by atoms with Gasteiger partial charge in [-0.05, 0) is 34.0 Å². The molecule has 0 saturated carbocycles. The van der Waals surface area contributed by atoms with Crippen molar-refractivity contribution in [3.05, 3.63) is 84.2 Å². The van der Waals surface area contributed by atoms with Crippen LogP contribution in [0.3, 0.4) is 0 Å². The van der Waals surface area contributed by atoms with Crippen LogP contribution in [0.5, 0.6) is 0 Å². The maximum Gasteiger partial charge on any atom is 0.127 e. The van der Waals surface area contributed by atoms with Crippen LogP contribution in [0.2, 0.25) is 13.1 Å². The maximum atomic E-state index is 4.83. The van der Waals surface area contributed by atoms with E-state index in [2.05, 4.69) is 93.7 Å². The Morgan fingerprint density at radius 1 is 0.839 bits per heavy atom. The highest BCUT2D eigenvalue weighted by molar-refractivity contribution is 7.33. The summed E-state index contributed by atoms with van der Waals surface area (Å²) in [5.74, 6) is 0. The van der Waals surface area contributed by atoms with Crippen molar-refractivity contribution in [1.29, 1.82) is 0 Å². The fourth-order valence-electron chi connectivity index (χ4n) is 5.25. The van der Waals surface area contributed by atoms with Crippen molar-refractivity contribution in [2.75, 3.05) is 0 Å². The lowest BCUT2D eigenvalue weighted by Crippen LogP contribution is -2.54. The van der Waals surface area contributed by atoms with E-state index in [1.54, 1.807) is 6.33 Å². The molecule has 2 aromatic heterocycles. The fraction of sp³-hybridized carbons (Fsp3) is 0.185. The molecule has 152 valence electrons. The van der Waals surface area contributed by atoms with Gasteiger partial charge < -0.3 is 0 Å². The Hall–Kier alpha value is -2.82. The van der Waals surface area contributed by atoms with Gasteiger partial charge in [0, 0.05) is 20.9 Å². The van der Waals surface area contributed by atoms with Gasteiger partial charge in [0.25, 0.3) is 0 Å². The highest BCUT2D eigenvalue weighted by Gasteiger charge is 2.42. The van der Waals surface area contributed by atoms with E-state index in [0.29, 0.717) is 0 Å². The van der Waals surface area contributed by atoms with Crippen LogP contribution in [0.1, 0.15) is 25.0 Å². The molecule has 0 saturated heterocycles. The Balaban J connectivity index is 1.73. The molecule has 0 spiro atoms. The molecule has 2 heterocycles. The van der Waals surface area contributed by atoms with Gasteiger partial charge in [-0.2, -0.15) is 0 Å². The third kappa shape index (κ3) is 2.55. The van der Waals surface area contributed by atoms with Crippen molar-refractivity contribution in [2.24, 2.45) is 0 Å². The van der Waals surface area contributed by atoms with Gasteiger partial charge in [-0.25, -0.2) is 9.97 Å². The van der Waals surface area contributed by atoms with Gasteiger partial charge in [-0.1, -0.05) is 86.7 Å². The van der Waals surface area contributed by atoms with Crippen LogP contribution >= 0.6 is 11.3 Å². The summed E-state index contributed by atoms with van der Waals surface area (Å²) in [4.78, 5) is 10.7. The fourth-order valence-corrected chi connectivity index (χ4v) is 10.3. The zero-order valence-electron chi connectivity index (χ0n) is 18.2. The number of thiophene rings is 1. The number of aromatic nitrogens is 2. The molecule has 5 aromatic rings. The molecule has 0 aliphatic heterocycles. The first-order valence-electron chi connectivity index (χ1n) is 10.8. The largest absolute Gasteiger partial charge is 0.236 e. The third-order valence-corrected chi connectivity index (χ3v) is 12.9. The molecule has 4 heteroatoms. The van der Waals surface area contributed by atoms with E-state index >= 15 is 0 Å². The summed E-state index contributed by atoms with van der Waals surface area (Å²) in [6, 6.07) is 24.4. The Kier molecular flexibility index (Phi) is 3.87. The first-order chi connectivity index (χ1) is 14.9. The van der Waals surface area contributed by atoms with Crippen molar-refractivity contribution >= 4 is 50.1 Å².